The maximum atomic E-state index is 4.70. The van der Waals surface area contributed by atoms with Gasteiger partial charge in [0.05, 0.1) is 0 Å². The molecular formula is C69H134. The van der Waals surface area contributed by atoms with Crippen LogP contribution in [-0.4, -0.2) is 0 Å². The van der Waals surface area contributed by atoms with Gasteiger partial charge in [-0.3, -0.25) is 0 Å². The first kappa shape index (κ1) is 64.9. The smallest absolute Gasteiger partial charge is 0.0292 e. The van der Waals surface area contributed by atoms with Gasteiger partial charge in [0.25, 0.3) is 0 Å². The molecule has 0 aliphatic heterocycles. The van der Waals surface area contributed by atoms with Crippen molar-refractivity contribution in [3.63, 3.8) is 0 Å². The molecule has 0 nitrogen and oxygen atoms in total. The van der Waals surface area contributed by atoms with Gasteiger partial charge in [-0.25, -0.2) is 0 Å². The second kappa shape index (κ2) is 29.1. The van der Waals surface area contributed by atoms with E-state index in [9.17, 15) is 0 Å². The molecule has 2 saturated carbocycles. The molecule has 0 amide bonds. The van der Waals surface area contributed by atoms with Gasteiger partial charge in [-0.2, -0.15) is 0 Å². The van der Waals surface area contributed by atoms with E-state index in [0.717, 1.165) is 35.5 Å². The van der Waals surface area contributed by atoms with Crippen LogP contribution in [0.25, 0.3) is 0 Å². The molecule has 0 heterocycles. The zero-order valence-corrected chi connectivity index (χ0v) is 52.0. The molecule has 2 rings (SSSR count). The van der Waals surface area contributed by atoms with Crippen LogP contribution in [0, 0.1) is 78.8 Å². The molecule has 0 heteroatoms. The van der Waals surface area contributed by atoms with Gasteiger partial charge in [0.2, 0.25) is 0 Å². The predicted octanol–water partition coefficient (Wildman–Crippen LogP) is 24.4. The van der Waals surface area contributed by atoms with Crippen molar-refractivity contribution in [3.05, 3.63) is 12.2 Å². The summed E-state index contributed by atoms with van der Waals surface area (Å²) in [4.78, 5) is 0. The molecule has 0 bridgehead atoms. The molecular weight excluding hydrogens is 829 g/mol. The Kier molecular flexibility index (Phi) is 27.4. The quantitative estimate of drug-likeness (QED) is 0.0454. The Balaban J connectivity index is 2.48. The van der Waals surface area contributed by atoms with Crippen molar-refractivity contribution in [1.29, 1.82) is 0 Å². The molecule has 7 unspecified atom stereocenters. The Labute approximate surface area is 439 Å². The van der Waals surface area contributed by atoms with Gasteiger partial charge in [0.1, 0.15) is 0 Å². The average Bonchev–Trinajstić information content (AvgIpc) is 3.62. The Morgan fingerprint density at radius 2 is 1.04 bits per heavy atom. The molecule has 0 aromatic heterocycles. The second-order valence-electron chi connectivity index (χ2n) is 31.6. The van der Waals surface area contributed by atoms with Crippen molar-refractivity contribution in [2.24, 2.45) is 78.8 Å². The molecule has 69 heavy (non-hydrogen) atoms. The lowest BCUT2D eigenvalue weighted by molar-refractivity contribution is -0.00944. The third-order valence-corrected chi connectivity index (χ3v) is 20.8. The van der Waals surface area contributed by atoms with E-state index in [1.54, 1.807) is 0 Å². The third-order valence-electron chi connectivity index (χ3n) is 20.8. The number of rotatable bonds is 33. The molecule has 410 valence electrons. The van der Waals surface area contributed by atoms with Gasteiger partial charge in [0.15, 0.2) is 0 Å². The van der Waals surface area contributed by atoms with Crippen LogP contribution in [0.2, 0.25) is 0 Å². The maximum Gasteiger partial charge on any atom is -0.0292 e. The molecule has 0 spiro atoms. The lowest BCUT2D eigenvalue weighted by Gasteiger charge is -2.51. The molecule has 2 aliphatic carbocycles. The Morgan fingerprint density at radius 1 is 0.522 bits per heavy atom. The van der Waals surface area contributed by atoms with Gasteiger partial charge < -0.3 is 0 Å². The number of unbranched alkanes of at least 4 members (excludes halogenated alkanes) is 8. The molecule has 0 aromatic carbocycles. The Hall–Kier alpha value is -0.260. The van der Waals surface area contributed by atoms with Crippen LogP contribution in [0.3, 0.4) is 0 Å². The summed E-state index contributed by atoms with van der Waals surface area (Å²) in [6, 6.07) is 0. The summed E-state index contributed by atoms with van der Waals surface area (Å²) in [5.74, 6) is 4.85. The summed E-state index contributed by atoms with van der Waals surface area (Å²) in [7, 11) is 0. The minimum absolute atomic E-state index is 0.320. The summed E-state index contributed by atoms with van der Waals surface area (Å²) in [5, 5.41) is 0. The largest absolute Gasteiger partial charge is 0.0999 e. The van der Waals surface area contributed by atoms with Crippen LogP contribution in [-0.2, 0) is 0 Å². The highest BCUT2D eigenvalue weighted by Gasteiger charge is 2.51. The summed E-state index contributed by atoms with van der Waals surface area (Å²) >= 11 is 0. The van der Waals surface area contributed by atoms with Crippen LogP contribution >= 0.6 is 0 Å². The fourth-order valence-electron chi connectivity index (χ4n) is 16.3. The minimum Gasteiger partial charge on any atom is -0.0999 e. The lowest BCUT2D eigenvalue weighted by Crippen LogP contribution is -2.42. The summed E-state index contributed by atoms with van der Waals surface area (Å²) in [5.41, 5.74) is 4.62. The molecule has 0 radical (unpaired) electrons. The number of allylic oxidation sites excluding steroid dienone is 1. The first-order valence-electron chi connectivity index (χ1n) is 31.6. The van der Waals surface area contributed by atoms with Gasteiger partial charge in [-0.1, -0.05) is 234 Å². The van der Waals surface area contributed by atoms with Crippen molar-refractivity contribution < 1.29 is 0 Å². The van der Waals surface area contributed by atoms with Gasteiger partial charge in [-0.05, 0) is 207 Å². The maximum absolute atomic E-state index is 4.70. The van der Waals surface area contributed by atoms with Crippen LogP contribution < -0.4 is 0 Å². The van der Waals surface area contributed by atoms with Gasteiger partial charge in [0, 0.05) is 0 Å². The van der Waals surface area contributed by atoms with Crippen molar-refractivity contribution in [2.45, 2.75) is 350 Å². The van der Waals surface area contributed by atoms with E-state index in [0.29, 0.717) is 43.3 Å². The lowest BCUT2D eigenvalue weighted by atomic mass is 9.54. The first-order chi connectivity index (χ1) is 31.9. The monoisotopic (exact) mass is 963 g/mol. The Bertz CT molecular complexity index is 1380. The van der Waals surface area contributed by atoms with E-state index in [1.807, 2.05) is 0 Å². The topological polar surface area (TPSA) is 0 Å². The SMILES string of the molecule is C=C(CCCCCCCCCCC)CCCC1(C)CCCC(C)(C)CC(C2CCC(C(C)C(C)(C)CCCC(C)(C)CCC)C2CC(C)(C)CCC(C)(C)CCC)CC(C)(C)CC1C(C)(C)CCC. The van der Waals surface area contributed by atoms with Crippen LogP contribution in [0.1, 0.15) is 350 Å². The zero-order valence-electron chi connectivity index (χ0n) is 52.0. The van der Waals surface area contributed by atoms with Gasteiger partial charge in [-0.15, -0.1) is 0 Å². The predicted molar refractivity (Wildman–Crippen MR) is 315 cm³/mol. The van der Waals surface area contributed by atoms with E-state index in [1.165, 1.54) is 217 Å². The van der Waals surface area contributed by atoms with Gasteiger partial charge >= 0.3 is 0 Å². The molecule has 0 aromatic rings. The van der Waals surface area contributed by atoms with Crippen molar-refractivity contribution in [3.8, 4) is 0 Å². The number of hydrogen-bond donors (Lipinski definition) is 0. The fraction of sp³-hybridized carbons (Fsp3) is 0.971. The minimum atomic E-state index is 0.320. The average molecular weight is 964 g/mol. The summed E-state index contributed by atoms with van der Waals surface area (Å²) < 4.78 is 0. The van der Waals surface area contributed by atoms with Crippen LogP contribution in [0.5, 0.6) is 0 Å². The standard InChI is InChI=1S/C69H134/c1-22-26-27-28-29-30-31-32-33-37-55(5)38-34-47-69(21)48-36-45-64(11,12)51-57(52-66(15,16)54-61(69)68(19,20)43-25-4)59-40-39-58(56(6)67(17,18)46-35-44-62(7,8)41-23-2)60(59)53-65(13,14)50-49-63(9,10)42-24-3/h56-61H,5,22-54H2,1-4,6-21H3. The second-order valence-corrected chi connectivity index (χ2v) is 31.6. The molecule has 2 fully saturated rings. The Morgan fingerprint density at radius 3 is 1.62 bits per heavy atom. The molecule has 0 N–H and O–H groups in total. The summed E-state index contributed by atoms with van der Waals surface area (Å²) in [6.07, 6.45) is 45.6. The molecule has 2 aliphatic rings. The van der Waals surface area contributed by atoms with Crippen LogP contribution in [0.15, 0.2) is 12.2 Å². The zero-order chi connectivity index (χ0) is 52.4. The van der Waals surface area contributed by atoms with Crippen molar-refractivity contribution in [2.75, 3.05) is 0 Å². The van der Waals surface area contributed by atoms with E-state index in [-0.39, 0.29) is 0 Å². The number of hydrogen-bond acceptors (Lipinski definition) is 0. The van der Waals surface area contributed by atoms with E-state index in [2.05, 4.69) is 138 Å². The van der Waals surface area contributed by atoms with E-state index >= 15 is 0 Å². The highest BCUT2D eigenvalue weighted by atomic mass is 14.6. The highest BCUT2D eigenvalue weighted by molar-refractivity contribution is 5.02. The molecule has 0 saturated heterocycles. The molecule has 7 atom stereocenters. The van der Waals surface area contributed by atoms with E-state index < -0.39 is 0 Å². The first-order valence-corrected chi connectivity index (χ1v) is 31.6. The third kappa shape index (κ3) is 23.4. The normalized spacial score (nSPS) is 25.9. The van der Waals surface area contributed by atoms with Crippen molar-refractivity contribution in [1.82, 2.24) is 0 Å². The fourth-order valence-corrected chi connectivity index (χ4v) is 16.3. The highest BCUT2D eigenvalue weighted by Crippen LogP contribution is 2.60. The summed E-state index contributed by atoms with van der Waals surface area (Å²) in [6.45, 7) is 57.1. The van der Waals surface area contributed by atoms with Crippen molar-refractivity contribution >= 4 is 0 Å². The van der Waals surface area contributed by atoms with E-state index in [4.69, 9.17) is 6.58 Å². The van der Waals surface area contributed by atoms with Crippen LogP contribution in [0.4, 0.5) is 0 Å².